The normalized spacial score (nSPS) is 10.5. The molecule has 3 aromatic rings. The van der Waals surface area contributed by atoms with Crippen LogP contribution in [0.5, 0.6) is 5.75 Å². The van der Waals surface area contributed by atoms with E-state index in [2.05, 4.69) is 20.7 Å². The highest BCUT2D eigenvalue weighted by atomic mass is 16.5. The number of nitrogens with one attached hydrogen (secondary N) is 2. The lowest BCUT2D eigenvalue weighted by Crippen LogP contribution is -2.22. The van der Waals surface area contributed by atoms with Gasteiger partial charge in [-0.2, -0.15) is 5.10 Å². The zero-order valence-electron chi connectivity index (χ0n) is 13.8. The van der Waals surface area contributed by atoms with Gasteiger partial charge in [0.2, 0.25) is 0 Å². The molecule has 0 unspecified atom stereocenters. The molecule has 2 N–H and O–H groups in total. The Morgan fingerprint density at radius 1 is 1.28 bits per heavy atom. The van der Waals surface area contributed by atoms with E-state index in [9.17, 15) is 9.59 Å². The number of fused-ring (bicyclic) bond motifs is 1. The SMILES string of the molecule is CCNC(=O)c1ccc(NC(=O)c2cnn3cccnc23)c(OC)c1. The molecule has 25 heavy (non-hydrogen) atoms. The first kappa shape index (κ1) is 16.4. The van der Waals surface area contributed by atoms with E-state index in [-0.39, 0.29) is 11.8 Å². The number of nitrogens with zero attached hydrogens (tertiary/aromatic N) is 3. The Hall–Kier alpha value is -3.42. The molecule has 128 valence electrons. The molecule has 3 rings (SSSR count). The molecular formula is C17H17N5O3. The van der Waals surface area contributed by atoms with Crippen LogP contribution >= 0.6 is 0 Å². The Balaban J connectivity index is 1.87. The van der Waals surface area contributed by atoms with Crippen molar-refractivity contribution < 1.29 is 14.3 Å². The van der Waals surface area contributed by atoms with Crippen LogP contribution in [0.1, 0.15) is 27.6 Å². The molecule has 2 amide bonds. The number of aromatic nitrogens is 3. The van der Waals surface area contributed by atoms with E-state index in [1.807, 2.05) is 6.92 Å². The summed E-state index contributed by atoms with van der Waals surface area (Å²) < 4.78 is 6.81. The van der Waals surface area contributed by atoms with Crippen molar-refractivity contribution in [3.63, 3.8) is 0 Å². The van der Waals surface area contributed by atoms with Gasteiger partial charge in [0.05, 0.1) is 19.0 Å². The van der Waals surface area contributed by atoms with Crippen LogP contribution in [0, 0.1) is 0 Å². The van der Waals surface area contributed by atoms with Gasteiger partial charge in [-0.1, -0.05) is 0 Å². The number of hydrogen-bond donors (Lipinski definition) is 2. The molecule has 8 nitrogen and oxygen atoms in total. The summed E-state index contributed by atoms with van der Waals surface area (Å²) >= 11 is 0. The lowest BCUT2D eigenvalue weighted by Gasteiger charge is -2.11. The van der Waals surface area contributed by atoms with Gasteiger partial charge in [0, 0.05) is 24.5 Å². The first-order valence-corrected chi connectivity index (χ1v) is 7.70. The maximum atomic E-state index is 12.5. The number of benzene rings is 1. The molecule has 0 spiro atoms. The second kappa shape index (κ2) is 7.00. The molecule has 0 fully saturated rings. The molecule has 0 saturated heterocycles. The van der Waals surface area contributed by atoms with Crippen molar-refractivity contribution >= 4 is 23.1 Å². The van der Waals surface area contributed by atoms with Crippen LogP contribution in [-0.4, -0.2) is 40.1 Å². The smallest absolute Gasteiger partial charge is 0.261 e. The number of carbonyl (C=O) groups excluding carboxylic acids is 2. The van der Waals surface area contributed by atoms with Gasteiger partial charge in [0.25, 0.3) is 11.8 Å². The molecule has 0 saturated carbocycles. The van der Waals surface area contributed by atoms with Crippen LogP contribution in [0.4, 0.5) is 5.69 Å². The fourth-order valence-electron chi connectivity index (χ4n) is 2.38. The third-order valence-corrected chi connectivity index (χ3v) is 3.57. The molecule has 8 heteroatoms. The number of ether oxygens (including phenoxy) is 1. The summed E-state index contributed by atoms with van der Waals surface area (Å²) in [5.41, 5.74) is 1.71. The van der Waals surface area contributed by atoms with E-state index in [0.29, 0.717) is 34.8 Å². The standard InChI is InChI=1S/C17H17N5O3/c1-3-18-16(23)11-5-6-13(14(9-11)25-2)21-17(24)12-10-20-22-8-4-7-19-15(12)22/h4-10H,3H2,1-2H3,(H,18,23)(H,21,24). The lowest BCUT2D eigenvalue weighted by atomic mass is 10.1. The van der Waals surface area contributed by atoms with E-state index < -0.39 is 0 Å². The number of amides is 2. The molecule has 2 heterocycles. The Morgan fingerprint density at radius 3 is 2.88 bits per heavy atom. The molecular weight excluding hydrogens is 322 g/mol. The minimum absolute atomic E-state index is 0.203. The third-order valence-electron chi connectivity index (χ3n) is 3.57. The average Bonchev–Trinajstić information content (AvgIpc) is 3.06. The number of rotatable bonds is 5. The first-order valence-electron chi connectivity index (χ1n) is 7.70. The van der Waals surface area contributed by atoms with E-state index >= 15 is 0 Å². The van der Waals surface area contributed by atoms with Gasteiger partial charge in [-0.15, -0.1) is 0 Å². The molecule has 0 aliphatic rings. The number of carbonyl (C=O) groups is 2. The number of hydrogen-bond acceptors (Lipinski definition) is 5. The van der Waals surface area contributed by atoms with Gasteiger partial charge in [-0.05, 0) is 31.2 Å². The minimum Gasteiger partial charge on any atom is -0.495 e. The number of methoxy groups -OCH3 is 1. The maximum Gasteiger partial charge on any atom is 0.261 e. The highest BCUT2D eigenvalue weighted by Gasteiger charge is 2.16. The van der Waals surface area contributed by atoms with Crippen LogP contribution in [0.3, 0.4) is 0 Å². The summed E-state index contributed by atoms with van der Waals surface area (Å²) in [4.78, 5) is 28.6. The van der Waals surface area contributed by atoms with E-state index in [0.717, 1.165) is 0 Å². The Kier molecular flexibility index (Phi) is 4.60. The van der Waals surface area contributed by atoms with Gasteiger partial charge in [0.1, 0.15) is 11.3 Å². The summed E-state index contributed by atoms with van der Waals surface area (Å²) in [6, 6.07) is 6.55. The van der Waals surface area contributed by atoms with Crippen LogP contribution in [-0.2, 0) is 0 Å². The van der Waals surface area contributed by atoms with Gasteiger partial charge < -0.3 is 15.4 Å². The summed E-state index contributed by atoms with van der Waals surface area (Å²) in [6.07, 6.45) is 4.75. The third kappa shape index (κ3) is 3.27. The Labute approximate surface area is 143 Å². The van der Waals surface area contributed by atoms with E-state index in [4.69, 9.17) is 4.74 Å². The topological polar surface area (TPSA) is 97.6 Å². The van der Waals surface area contributed by atoms with Crippen LogP contribution < -0.4 is 15.4 Å². The van der Waals surface area contributed by atoms with Crippen molar-refractivity contribution in [1.29, 1.82) is 0 Å². The average molecular weight is 339 g/mol. The minimum atomic E-state index is -0.363. The van der Waals surface area contributed by atoms with Crippen molar-refractivity contribution in [3.8, 4) is 5.75 Å². The summed E-state index contributed by atoms with van der Waals surface area (Å²) in [7, 11) is 1.48. The van der Waals surface area contributed by atoms with Gasteiger partial charge in [0.15, 0.2) is 5.65 Å². The first-order chi connectivity index (χ1) is 12.1. The van der Waals surface area contributed by atoms with Gasteiger partial charge in [-0.3, -0.25) is 9.59 Å². The molecule has 1 aromatic carbocycles. The van der Waals surface area contributed by atoms with E-state index in [1.165, 1.54) is 17.8 Å². The van der Waals surface area contributed by atoms with Gasteiger partial charge in [-0.25, -0.2) is 9.50 Å². The predicted molar refractivity (Wildman–Crippen MR) is 91.9 cm³/mol. The van der Waals surface area contributed by atoms with Crippen molar-refractivity contribution in [3.05, 3.63) is 54.0 Å². The van der Waals surface area contributed by atoms with E-state index in [1.54, 1.807) is 36.7 Å². The summed E-state index contributed by atoms with van der Waals surface area (Å²) in [5.74, 6) is -0.176. The lowest BCUT2D eigenvalue weighted by molar-refractivity contribution is 0.0955. The second-order valence-corrected chi connectivity index (χ2v) is 5.17. The fourth-order valence-corrected chi connectivity index (χ4v) is 2.38. The zero-order chi connectivity index (χ0) is 17.8. The van der Waals surface area contributed by atoms with Crippen molar-refractivity contribution in [2.75, 3.05) is 19.0 Å². The predicted octanol–water partition coefficient (Wildman–Crippen LogP) is 1.74. The highest BCUT2D eigenvalue weighted by Crippen LogP contribution is 2.26. The zero-order valence-corrected chi connectivity index (χ0v) is 13.8. The molecule has 0 aliphatic carbocycles. The summed E-state index contributed by atoms with van der Waals surface area (Å²) in [6.45, 7) is 2.37. The molecule has 2 aromatic heterocycles. The van der Waals surface area contributed by atoms with Crippen molar-refractivity contribution in [2.24, 2.45) is 0 Å². The van der Waals surface area contributed by atoms with Crippen molar-refractivity contribution in [1.82, 2.24) is 19.9 Å². The monoisotopic (exact) mass is 339 g/mol. The second-order valence-electron chi connectivity index (χ2n) is 5.17. The fraction of sp³-hybridized carbons (Fsp3) is 0.176. The van der Waals surface area contributed by atoms with Crippen molar-refractivity contribution in [2.45, 2.75) is 6.92 Å². The molecule has 0 aliphatic heterocycles. The Bertz CT molecular complexity index is 935. The largest absolute Gasteiger partial charge is 0.495 e. The molecule has 0 atom stereocenters. The van der Waals surface area contributed by atoms with Crippen LogP contribution in [0.25, 0.3) is 5.65 Å². The summed E-state index contributed by atoms with van der Waals surface area (Å²) in [5, 5.41) is 9.57. The van der Waals surface area contributed by atoms with Crippen LogP contribution in [0.15, 0.2) is 42.9 Å². The Morgan fingerprint density at radius 2 is 2.12 bits per heavy atom. The maximum absolute atomic E-state index is 12.5. The van der Waals surface area contributed by atoms with Crippen LogP contribution in [0.2, 0.25) is 0 Å². The quantitative estimate of drug-likeness (QED) is 0.738. The number of anilines is 1. The molecule has 0 radical (unpaired) electrons. The highest BCUT2D eigenvalue weighted by molar-refractivity contribution is 6.09. The van der Waals surface area contributed by atoms with Gasteiger partial charge >= 0.3 is 0 Å². The molecule has 0 bridgehead atoms.